The van der Waals surface area contributed by atoms with Crippen molar-refractivity contribution in [1.82, 2.24) is 4.90 Å². The second-order valence-electron chi connectivity index (χ2n) is 4.68. The third-order valence-electron chi connectivity index (χ3n) is 3.22. The summed E-state index contributed by atoms with van der Waals surface area (Å²) >= 11 is 0. The van der Waals surface area contributed by atoms with Gasteiger partial charge in [-0.15, -0.1) is 12.4 Å². The summed E-state index contributed by atoms with van der Waals surface area (Å²) in [5.74, 6) is -0.295. The molecule has 0 spiro atoms. The van der Waals surface area contributed by atoms with Crippen LogP contribution in [0.5, 0.6) is 0 Å². The number of benzene rings is 1. The normalized spacial score (nSPS) is 18.2. The van der Waals surface area contributed by atoms with Crippen molar-refractivity contribution >= 4 is 29.7 Å². The summed E-state index contributed by atoms with van der Waals surface area (Å²) in [4.78, 5) is 24.1. The summed E-state index contributed by atoms with van der Waals surface area (Å²) < 4.78 is 0. The van der Waals surface area contributed by atoms with Gasteiger partial charge in [0.1, 0.15) is 0 Å². The van der Waals surface area contributed by atoms with Crippen LogP contribution in [0.2, 0.25) is 0 Å². The van der Waals surface area contributed by atoms with Crippen LogP contribution in [0, 0.1) is 10.1 Å². The van der Waals surface area contributed by atoms with Gasteiger partial charge >= 0.3 is 0 Å². The third-order valence-corrected chi connectivity index (χ3v) is 3.22. The molecule has 1 aliphatic rings. The van der Waals surface area contributed by atoms with Crippen molar-refractivity contribution < 1.29 is 9.72 Å². The van der Waals surface area contributed by atoms with Crippen LogP contribution >= 0.6 is 12.4 Å². The molecule has 1 amide bonds. The van der Waals surface area contributed by atoms with Crippen LogP contribution in [0.3, 0.4) is 0 Å². The first kappa shape index (κ1) is 16.2. The summed E-state index contributed by atoms with van der Waals surface area (Å²) in [6.45, 7) is 1.07. The second-order valence-corrected chi connectivity index (χ2v) is 4.68. The number of nitrogens with two attached hydrogens (primary N) is 2. The molecule has 0 aromatic heterocycles. The Morgan fingerprint density at radius 1 is 1.45 bits per heavy atom. The highest BCUT2D eigenvalue weighted by molar-refractivity contribution is 5.99. The molecule has 2 rings (SSSR count). The quantitative estimate of drug-likeness (QED) is 0.483. The molecule has 1 heterocycles. The van der Waals surface area contributed by atoms with Gasteiger partial charge in [-0.2, -0.15) is 0 Å². The van der Waals surface area contributed by atoms with E-state index >= 15 is 0 Å². The standard InChI is InChI=1S/C12H16N4O3.ClH/c13-8-2-1-5-15(7-8)12(17)10-6-9(16(18)19)3-4-11(10)14;/h3-4,6,8H,1-2,5,7,13-14H2;1H. The highest BCUT2D eigenvalue weighted by atomic mass is 35.5. The Labute approximate surface area is 122 Å². The maximum absolute atomic E-state index is 12.3. The Bertz CT molecular complexity index is 523. The van der Waals surface area contributed by atoms with Crippen LogP contribution in [0.1, 0.15) is 23.2 Å². The summed E-state index contributed by atoms with van der Waals surface area (Å²) in [5, 5.41) is 10.7. The van der Waals surface area contributed by atoms with Crippen molar-refractivity contribution in [2.45, 2.75) is 18.9 Å². The first-order valence-corrected chi connectivity index (χ1v) is 6.08. The lowest BCUT2D eigenvalue weighted by Crippen LogP contribution is -2.45. The van der Waals surface area contributed by atoms with Gasteiger partial charge in [-0.1, -0.05) is 0 Å². The number of amides is 1. The van der Waals surface area contributed by atoms with Crippen LogP contribution in [0.25, 0.3) is 0 Å². The number of likely N-dealkylation sites (tertiary alicyclic amines) is 1. The highest BCUT2D eigenvalue weighted by Crippen LogP contribution is 2.22. The van der Waals surface area contributed by atoms with E-state index in [9.17, 15) is 14.9 Å². The van der Waals surface area contributed by atoms with E-state index in [4.69, 9.17) is 11.5 Å². The van der Waals surface area contributed by atoms with Crippen molar-refractivity contribution in [1.29, 1.82) is 0 Å². The second kappa shape index (κ2) is 6.53. The maximum atomic E-state index is 12.3. The van der Waals surface area contributed by atoms with Crippen molar-refractivity contribution in [3.8, 4) is 0 Å². The molecule has 110 valence electrons. The number of nitro groups is 1. The van der Waals surface area contributed by atoms with Gasteiger partial charge in [-0.3, -0.25) is 14.9 Å². The first-order chi connectivity index (χ1) is 8.99. The van der Waals surface area contributed by atoms with Gasteiger partial charge in [0.15, 0.2) is 0 Å². The maximum Gasteiger partial charge on any atom is 0.270 e. The molecule has 7 nitrogen and oxygen atoms in total. The summed E-state index contributed by atoms with van der Waals surface area (Å²) in [5.41, 5.74) is 11.8. The topological polar surface area (TPSA) is 115 Å². The number of nitro benzene ring substituents is 1. The van der Waals surface area contributed by atoms with E-state index in [1.54, 1.807) is 4.90 Å². The zero-order valence-electron chi connectivity index (χ0n) is 10.8. The minimum Gasteiger partial charge on any atom is -0.398 e. The van der Waals surface area contributed by atoms with E-state index in [0.29, 0.717) is 13.1 Å². The molecule has 4 N–H and O–H groups in total. The SMILES string of the molecule is Cl.Nc1ccc([N+](=O)[O-])cc1C(=O)N1CCCC(N)C1. The molecule has 1 fully saturated rings. The Kier molecular flexibility index (Phi) is 5.29. The number of hydrogen-bond acceptors (Lipinski definition) is 5. The Morgan fingerprint density at radius 2 is 2.15 bits per heavy atom. The molecule has 1 atom stereocenters. The number of halogens is 1. The van der Waals surface area contributed by atoms with Crippen molar-refractivity contribution in [2.75, 3.05) is 18.8 Å². The van der Waals surface area contributed by atoms with Crippen molar-refractivity contribution in [3.05, 3.63) is 33.9 Å². The van der Waals surface area contributed by atoms with Crippen molar-refractivity contribution in [2.24, 2.45) is 5.73 Å². The fraction of sp³-hybridized carbons (Fsp3) is 0.417. The molecule has 0 radical (unpaired) electrons. The minimum atomic E-state index is -0.543. The Morgan fingerprint density at radius 3 is 2.75 bits per heavy atom. The summed E-state index contributed by atoms with van der Waals surface area (Å²) in [6.07, 6.45) is 1.72. The van der Waals surface area contributed by atoms with Gasteiger partial charge in [0, 0.05) is 37.0 Å². The molecular weight excluding hydrogens is 284 g/mol. The lowest BCUT2D eigenvalue weighted by Gasteiger charge is -2.31. The summed E-state index contributed by atoms with van der Waals surface area (Å²) in [6, 6.07) is 3.85. The predicted molar refractivity (Wildman–Crippen MR) is 77.9 cm³/mol. The number of carbonyl (C=O) groups is 1. The van der Waals surface area contributed by atoms with Gasteiger partial charge < -0.3 is 16.4 Å². The molecule has 1 saturated heterocycles. The van der Waals surface area contributed by atoms with Crippen LogP contribution in [-0.4, -0.2) is 34.9 Å². The number of non-ortho nitro benzene ring substituents is 1. The minimum absolute atomic E-state index is 0. The highest BCUT2D eigenvalue weighted by Gasteiger charge is 2.25. The average molecular weight is 301 g/mol. The number of anilines is 1. The molecule has 1 aromatic carbocycles. The predicted octanol–water partition coefficient (Wildman–Crippen LogP) is 1.16. The molecule has 1 aliphatic heterocycles. The van der Waals surface area contributed by atoms with Gasteiger partial charge in [-0.05, 0) is 18.9 Å². The van der Waals surface area contributed by atoms with E-state index in [0.717, 1.165) is 12.8 Å². The Hall–Kier alpha value is -1.86. The van der Waals surface area contributed by atoms with Gasteiger partial charge in [0.2, 0.25) is 0 Å². The van der Waals surface area contributed by atoms with E-state index in [1.807, 2.05) is 0 Å². The number of piperidine rings is 1. The molecule has 1 aromatic rings. The molecule has 0 saturated carbocycles. The van der Waals surface area contributed by atoms with Gasteiger partial charge in [0.25, 0.3) is 11.6 Å². The van der Waals surface area contributed by atoms with E-state index < -0.39 is 4.92 Å². The molecular formula is C12H17ClN4O3. The molecule has 8 heteroatoms. The Balaban J connectivity index is 0.00000200. The fourth-order valence-corrected chi connectivity index (χ4v) is 2.21. The molecule has 0 aliphatic carbocycles. The van der Waals surface area contributed by atoms with Gasteiger partial charge in [-0.25, -0.2) is 0 Å². The number of carbonyl (C=O) groups excluding carboxylic acids is 1. The van der Waals surface area contributed by atoms with Crippen LogP contribution in [0.4, 0.5) is 11.4 Å². The monoisotopic (exact) mass is 300 g/mol. The van der Waals surface area contributed by atoms with Crippen LogP contribution in [-0.2, 0) is 0 Å². The number of nitrogens with zero attached hydrogens (tertiary/aromatic N) is 2. The van der Waals surface area contributed by atoms with E-state index in [1.165, 1.54) is 18.2 Å². The smallest absolute Gasteiger partial charge is 0.270 e. The van der Waals surface area contributed by atoms with Gasteiger partial charge in [0.05, 0.1) is 10.5 Å². The lowest BCUT2D eigenvalue weighted by atomic mass is 10.0. The average Bonchev–Trinajstić information content (AvgIpc) is 2.38. The number of hydrogen-bond donors (Lipinski definition) is 2. The van der Waals surface area contributed by atoms with E-state index in [2.05, 4.69) is 0 Å². The molecule has 0 bridgehead atoms. The number of rotatable bonds is 2. The number of nitrogen functional groups attached to an aromatic ring is 1. The lowest BCUT2D eigenvalue weighted by molar-refractivity contribution is -0.384. The molecule has 20 heavy (non-hydrogen) atoms. The zero-order valence-corrected chi connectivity index (χ0v) is 11.6. The van der Waals surface area contributed by atoms with E-state index in [-0.39, 0.29) is 41.3 Å². The third kappa shape index (κ3) is 3.37. The molecule has 1 unspecified atom stereocenters. The fourth-order valence-electron chi connectivity index (χ4n) is 2.21. The largest absolute Gasteiger partial charge is 0.398 e. The van der Waals surface area contributed by atoms with Crippen LogP contribution < -0.4 is 11.5 Å². The summed E-state index contributed by atoms with van der Waals surface area (Å²) in [7, 11) is 0. The van der Waals surface area contributed by atoms with Crippen molar-refractivity contribution in [3.63, 3.8) is 0 Å². The van der Waals surface area contributed by atoms with Crippen LogP contribution in [0.15, 0.2) is 18.2 Å². The first-order valence-electron chi connectivity index (χ1n) is 6.08. The zero-order chi connectivity index (χ0) is 14.0.